The third-order valence-electron chi connectivity index (χ3n) is 4.66. The van der Waals surface area contributed by atoms with Crippen LogP contribution in [0.3, 0.4) is 0 Å². The van der Waals surface area contributed by atoms with Gasteiger partial charge in [-0.1, -0.05) is 79.6 Å². The first-order chi connectivity index (χ1) is 12.8. The highest BCUT2D eigenvalue weighted by Gasteiger charge is 2.16. The molecule has 0 N–H and O–H groups in total. The zero-order valence-electron chi connectivity index (χ0n) is 18.6. The molecule has 1 atom stereocenters. The lowest BCUT2D eigenvalue weighted by Crippen LogP contribution is -2.25. The zero-order chi connectivity index (χ0) is 20.5. The molecule has 0 aliphatic rings. The molecule has 0 aliphatic carbocycles. The summed E-state index contributed by atoms with van der Waals surface area (Å²) in [6.07, 6.45) is 10.9. The Hall–Kier alpha value is -1.06. The molecule has 27 heavy (non-hydrogen) atoms. The smallest absolute Gasteiger partial charge is 0.306 e. The Morgan fingerprint density at radius 1 is 0.704 bits per heavy atom. The Kier molecular flexibility index (Phi) is 16.4. The van der Waals surface area contributed by atoms with Crippen molar-refractivity contribution >= 4 is 11.9 Å². The van der Waals surface area contributed by atoms with Crippen LogP contribution in [0.4, 0.5) is 0 Å². The maximum atomic E-state index is 12.0. The Labute approximate surface area is 167 Å². The van der Waals surface area contributed by atoms with Crippen LogP contribution >= 0.6 is 0 Å². The van der Waals surface area contributed by atoms with Crippen LogP contribution in [0, 0.1) is 11.8 Å². The fourth-order valence-corrected chi connectivity index (χ4v) is 3.00. The van der Waals surface area contributed by atoms with E-state index in [0.717, 1.165) is 63.2 Å². The molecule has 160 valence electrons. The summed E-state index contributed by atoms with van der Waals surface area (Å²) in [5.74, 6) is 1.10. The lowest BCUT2D eigenvalue weighted by atomic mass is 10.0. The Balaban J connectivity index is 3.90. The first-order valence-corrected chi connectivity index (χ1v) is 11.2. The number of hydrogen-bond donors (Lipinski definition) is 0. The molecule has 4 nitrogen and oxygen atoms in total. The van der Waals surface area contributed by atoms with Crippen LogP contribution in [0.15, 0.2) is 0 Å². The third kappa shape index (κ3) is 18.1. The Bertz CT molecular complexity index is 377. The number of rotatable bonds is 17. The van der Waals surface area contributed by atoms with Crippen molar-refractivity contribution in [3.05, 3.63) is 0 Å². The van der Waals surface area contributed by atoms with Crippen LogP contribution in [0.5, 0.6) is 0 Å². The van der Waals surface area contributed by atoms with Gasteiger partial charge in [-0.2, -0.15) is 0 Å². The van der Waals surface area contributed by atoms with Gasteiger partial charge in [0.2, 0.25) is 0 Å². The van der Waals surface area contributed by atoms with Crippen LogP contribution < -0.4 is 0 Å². The van der Waals surface area contributed by atoms with Crippen LogP contribution in [0.1, 0.15) is 112 Å². The van der Waals surface area contributed by atoms with Crippen molar-refractivity contribution in [3.8, 4) is 0 Å². The van der Waals surface area contributed by atoms with Crippen molar-refractivity contribution in [2.45, 2.75) is 118 Å². The zero-order valence-corrected chi connectivity index (χ0v) is 18.6. The molecule has 0 aromatic carbocycles. The van der Waals surface area contributed by atoms with Gasteiger partial charge in [0, 0.05) is 12.8 Å². The molecule has 0 rings (SSSR count). The van der Waals surface area contributed by atoms with Crippen LogP contribution in [-0.4, -0.2) is 24.6 Å². The van der Waals surface area contributed by atoms with Gasteiger partial charge < -0.3 is 9.47 Å². The molecule has 0 amide bonds. The summed E-state index contributed by atoms with van der Waals surface area (Å²) >= 11 is 0. The molecule has 0 radical (unpaired) electrons. The van der Waals surface area contributed by atoms with E-state index in [2.05, 4.69) is 27.7 Å². The fourth-order valence-electron chi connectivity index (χ4n) is 3.00. The average molecular weight is 385 g/mol. The average Bonchev–Trinajstić information content (AvgIpc) is 2.58. The van der Waals surface area contributed by atoms with Crippen molar-refractivity contribution in [1.82, 2.24) is 0 Å². The molecule has 0 aliphatic heterocycles. The van der Waals surface area contributed by atoms with E-state index >= 15 is 0 Å². The van der Waals surface area contributed by atoms with Gasteiger partial charge in [-0.15, -0.1) is 0 Å². The van der Waals surface area contributed by atoms with Crippen molar-refractivity contribution in [3.63, 3.8) is 0 Å². The Morgan fingerprint density at radius 3 is 1.70 bits per heavy atom. The fraction of sp³-hybridized carbons (Fsp3) is 0.913. The van der Waals surface area contributed by atoms with E-state index in [0.29, 0.717) is 12.8 Å². The number of esters is 2. The van der Waals surface area contributed by atoms with Crippen LogP contribution in [-0.2, 0) is 19.1 Å². The molecule has 4 heteroatoms. The SMILES string of the molecule is CCCC(COC(=O)CCCCCC(C)C)OC(=O)CCCCCC(C)C. The summed E-state index contributed by atoms with van der Waals surface area (Å²) in [6, 6.07) is 0. The summed E-state index contributed by atoms with van der Waals surface area (Å²) in [4.78, 5) is 23.9. The molecule has 0 bridgehead atoms. The second-order valence-electron chi connectivity index (χ2n) is 8.57. The van der Waals surface area contributed by atoms with Crippen molar-refractivity contribution in [2.75, 3.05) is 6.61 Å². The predicted molar refractivity (Wildman–Crippen MR) is 112 cm³/mol. The van der Waals surface area contributed by atoms with Crippen molar-refractivity contribution in [2.24, 2.45) is 11.8 Å². The summed E-state index contributed by atoms with van der Waals surface area (Å²) in [5.41, 5.74) is 0. The Morgan fingerprint density at radius 2 is 1.22 bits per heavy atom. The minimum Gasteiger partial charge on any atom is -0.462 e. The predicted octanol–water partition coefficient (Wildman–Crippen LogP) is 6.45. The van der Waals surface area contributed by atoms with Crippen molar-refractivity contribution < 1.29 is 19.1 Å². The number of carbonyl (C=O) groups is 2. The molecule has 0 heterocycles. The van der Waals surface area contributed by atoms with E-state index < -0.39 is 0 Å². The lowest BCUT2D eigenvalue weighted by Gasteiger charge is -2.17. The van der Waals surface area contributed by atoms with Crippen LogP contribution in [0.25, 0.3) is 0 Å². The van der Waals surface area contributed by atoms with Gasteiger partial charge in [0.1, 0.15) is 12.7 Å². The first kappa shape index (κ1) is 25.9. The summed E-state index contributed by atoms with van der Waals surface area (Å²) in [6.45, 7) is 11.1. The maximum absolute atomic E-state index is 12.0. The molecular formula is C23H44O4. The number of unbranched alkanes of at least 4 members (excludes halogenated alkanes) is 4. The van der Waals surface area contributed by atoms with Gasteiger partial charge in [-0.3, -0.25) is 9.59 Å². The molecule has 0 aromatic heterocycles. The van der Waals surface area contributed by atoms with Gasteiger partial charge in [-0.25, -0.2) is 0 Å². The topological polar surface area (TPSA) is 52.6 Å². The second kappa shape index (κ2) is 17.1. The number of carbonyl (C=O) groups excluding carboxylic acids is 2. The normalized spacial score (nSPS) is 12.4. The number of hydrogen-bond acceptors (Lipinski definition) is 4. The van der Waals surface area contributed by atoms with E-state index in [-0.39, 0.29) is 24.6 Å². The summed E-state index contributed by atoms with van der Waals surface area (Å²) in [5, 5.41) is 0. The monoisotopic (exact) mass is 384 g/mol. The molecule has 0 spiro atoms. The molecule has 0 saturated heterocycles. The second-order valence-corrected chi connectivity index (χ2v) is 8.57. The van der Waals surface area contributed by atoms with Gasteiger partial charge >= 0.3 is 11.9 Å². The third-order valence-corrected chi connectivity index (χ3v) is 4.66. The highest BCUT2D eigenvalue weighted by atomic mass is 16.6. The molecule has 0 aromatic rings. The van der Waals surface area contributed by atoms with Gasteiger partial charge in [0.05, 0.1) is 0 Å². The van der Waals surface area contributed by atoms with Crippen LogP contribution in [0.2, 0.25) is 0 Å². The van der Waals surface area contributed by atoms with E-state index in [1.807, 2.05) is 6.92 Å². The lowest BCUT2D eigenvalue weighted by molar-refractivity contribution is -0.159. The highest BCUT2D eigenvalue weighted by Crippen LogP contribution is 2.13. The summed E-state index contributed by atoms with van der Waals surface area (Å²) in [7, 11) is 0. The molecular weight excluding hydrogens is 340 g/mol. The molecule has 0 fully saturated rings. The first-order valence-electron chi connectivity index (χ1n) is 11.2. The largest absolute Gasteiger partial charge is 0.462 e. The highest BCUT2D eigenvalue weighted by molar-refractivity contribution is 5.70. The van der Waals surface area contributed by atoms with Gasteiger partial charge in [0.25, 0.3) is 0 Å². The van der Waals surface area contributed by atoms with Crippen molar-refractivity contribution in [1.29, 1.82) is 0 Å². The van der Waals surface area contributed by atoms with Gasteiger partial charge in [-0.05, 0) is 31.1 Å². The standard InChI is InChI=1S/C23H44O4/c1-6-13-21(27-23(25)17-12-8-10-15-20(4)5)18-26-22(24)16-11-7-9-14-19(2)3/h19-21H,6-18H2,1-5H3. The van der Waals surface area contributed by atoms with E-state index in [1.54, 1.807) is 0 Å². The van der Waals surface area contributed by atoms with E-state index in [4.69, 9.17) is 9.47 Å². The molecule has 0 saturated carbocycles. The van der Waals surface area contributed by atoms with E-state index in [1.165, 1.54) is 12.8 Å². The number of ether oxygens (including phenoxy) is 2. The maximum Gasteiger partial charge on any atom is 0.306 e. The van der Waals surface area contributed by atoms with E-state index in [9.17, 15) is 9.59 Å². The summed E-state index contributed by atoms with van der Waals surface area (Å²) < 4.78 is 10.9. The quantitative estimate of drug-likeness (QED) is 0.213. The minimum atomic E-state index is -0.303. The molecule has 1 unspecified atom stereocenters. The van der Waals surface area contributed by atoms with Gasteiger partial charge in [0.15, 0.2) is 0 Å². The minimum absolute atomic E-state index is 0.164.